The number of hydrogen-bond acceptors (Lipinski definition) is 2. The van der Waals surface area contributed by atoms with Gasteiger partial charge in [0.25, 0.3) is 0 Å². The number of para-hydroxylation sites is 1. The van der Waals surface area contributed by atoms with E-state index >= 15 is 0 Å². The van der Waals surface area contributed by atoms with Gasteiger partial charge in [-0.3, -0.25) is 0 Å². The fourth-order valence-corrected chi connectivity index (χ4v) is 1.43. The fourth-order valence-electron chi connectivity index (χ4n) is 0.813. The molecule has 0 radical (unpaired) electrons. The lowest BCUT2D eigenvalue weighted by Crippen LogP contribution is -1.84. The number of benzene rings is 1. The van der Waals surface area contributed by atoms with E-state index < -0.39 is 5.70 Å². The maximum atomic E-state index is 7.42. The molecule has 1 unspecified atom stereocenters. The minimum Gasteiger partial charge on any atom is -0.496 e. The monoisotopic (exact) mass is 169 g/mol. The van der Waals surface area contributed by atoms with E-state index in [4.69, 9.17) is 7.48 Å². The van der Waals surface area contributed by atoms with E-state index in [2.05, 4.69) is 0 Å². The van der Waals surface area contributed by atoms with Crippen molar-refractivity contribution in [1.29, 1.82) is 0 Å². The van der Waals surface area contributed by atoms with Crippen LogP contribution in [0.25, 0.3) is 0 Å². The van der Waals surface area contributed by atoms with E-state index in [0.29, 0.717) is 0 Å². The number of rotatable bonds is 3. The van der Waals surface area contributed by atoms with Crippen molar-refractivity contribution in [3.63, 3.8) is 0 Å². The molecule has 1 aromatic rings. The zero-order chi connectivity index (χ0) is 9.90. The third kappa shape index (κ3) is 2.15. The molecule has 0 aromatic heterocycles. The van der Waals surface area contributed by atoms with E-state index in [9.17, 15) is 0 Å². The molecule has 0 saturated carbocycles. The zero-order valence-electron chi connectivity index (χ0n) is 8.63. The second-order valence-electron chi connectivity index (χ2n) is 1.96. The van der Waals surface area contributed by atoms with E-state index in [-0.39, 0.29) is 0 Å². The van der Waals surface area contributed by atoms with Crippen molar-refractivity contribution in [3.05, 3.63) is 24.3 Å². The number of methoxy groups -OCH3 is 1. The topological polar surface area (TPSA) is 9.23 Å². The van der Waals surface area contributed by atoms with Gasteiger partial charge in [0.1, 0.15) is 5.75 Å². The van der Waals surface area contributed by atoms with Crippen LogP contribution in [-0.4, -0.2) is 12.8 Å². The molecular weight excluding hydrogens is 156 g/mol. The summed E-state index contributed by atoms with van der Waals surface area (Å²) >= 11 is 1.16. The van der Waals surface area contributed by atoms with Gasteiger partial charge in [-0.25, -0.2) is 0 Å². The van der Waals surface area contributed by atoms with E-state index in [1.807, 2.05) is 24.3 Å². The van der Waals surface area contributed by atoms with Gasteiger partial charge in [-0.2, -0.15) is 0 Å². The summed E-state index contributed by atoms with van der Waals surface area (Å²) in [4.78, 5) is 0.831. The molecule has 0 saturated heterocycles. The maximum Gasteiger partial charge on any atom is 0.132 e. The van der Waals surface area contributed by atoms with Crippen LogP contribution in [0.2, 0.25) is 0 Å². The van der Waals surface area contributed by atoms with Gasteiger partial charge >= 0.3 is 0 Å². The minimum atomic E-state index is -1.27. The molecule has 60 valence electrons. The average molecular weight is 169 g/mol. The highest BCUT2D eigenvalue weighted by atomic mass is 32.2. The summed E-state index contributed by atoms with van der Waals surface area (Å²) in [6.45, 7) is 1.53. The Balaban J connectivity index is 2.87. The number of hydrogen-bond donors (Lipinski definition) is 0. The van der Waals surface area contributed by atoms with Crippen LogP contribution in [0, 0.1) is 0 Å². The van der Waals surface area contributed by atoms with Crippen molar-refractivity contribution in [2.24, 2.45) is 0 Å². The van der Waals surface area contributed by atoms with Gasteiger partial charge in [-0.15, -0.1) is 11.8 Å². The van der Waals surface area contributed by atoms with Crippen LogP contribution < -0.4 is 4.74 Å². The summed E-state index contributed by atoms with van der Waals surface area (Å²) in [6, 6.07) is 7.42. The SMILES string of the molecule is [1H]C([2H])(C)Sc1ccccc1OC. The van der Waals surface area contributed by atoms with Crippen LogP contribution >= 0.6 is 11.8 Å². The Morgan fingerprint density at radius 1 is 1.73 bits per heavy atom. The largest absolute Gasteiger partial charge is 0.496 e. The van der Waals surface area contributed by atoms with Crippen molar-refractivity contribution in [2.75, 3.05) is 12.8 Å². The second-order valence-corrected chi connectivity index (χ2v) is 3.01. The lowest BCUT2D eigenvalue weighted by molar-refractivity contribution is 0.405. The molecule has 0 bridgehead atoms. The smallest absolute Gasteiger partial charge is 0.132 e. The third-order valence-corrected chi connectivity index (χ3v) is 2.04. The highest BCUT2D eigenvalue weighted by Gasteiger charge is 1.98. The van der Waals surface area contributed by atoms with Gasteiger partial charge in [0.05, 0.1) is 7.11 Å². The molecule has 1 rings (SSSR count). The van der Waals surface area contributed by atoms with E-state index in [0.717, 1.165) is 22.4 Å². The predicted octanol–water partition coefficient (Wildman–Crippen LogP) is 2.81. The number of ether oxygens (including phenoxy) is 1. The van der Waals surface area contributed by atoms with E-state index in [1.54, 1.807) is 7.11 Å². The molecule has 0 heterocycles. The highest BCUT2D eigenvalue weighted by molar-refractivity contribution is 7.99. The summed E-state index contributed by atoms with van der Waals surface area (Å²) in [5.74, 6) is 0.721. The van der Waals surface area contributed by atoms with Crippen LogP contribution in [0.1, 0.15) is 9.67 Å². The average Bonchev–Trinajstić information content (AvgIpc) is 2.02. The van der Waals surface area contributed by atoms with Gasteiger partial charge in [-0.05, 0) is 17.8 Å². The third-order valence-electron chi connectivity index (χ3n) is 1.28. The molecule has 11 heavy (non-hydrogen) atoms. The van der Waals surface area contributed by atoms with Gasteiger partial charge in [0.2, 0.25) is 0 Å². The molecule has 0 spiro atoms. The predicted molar refractivity (Wildman–Crippen MR) is 49.4 cm³/mol. The Morgan fingerprint density at radius 3 is 3.09 bits per heavy atom. The molecule has 0 aliphatic carbocycles. The van der Waals surface area contributed by atoms with Crippen LogP contribution in [-0.2, 0) is 0 Å². The Hall–Kier alpha value is -0.630. The fraction of sp³-hybridized carbons (Fsp3) is 0.333. The summed E-state index contributed by atoms with van der Waals surface area (Å²) in [5.41, 5.74) is -1.27. The second kappa shape index (κ2) is 4.29. The molecule has 0 fully saturated rings. The summed E-state index contributed by atoms with van der Waals surface area (Å²) in [7, 11) is 1.59. The zero-order valence-corrected chi connectivity index (χ0v) is 7.44. The normalized spacial score (nSPS) is 18.0. The van der Waals surface area contributed by atoms with Crippen LogP contribution in [0.5, 0.6) is 5.75 Å². The van der Waals surface area contributed by atoms with Gasteiger partial charge < -0.3 is 4.74 Å². The first-order valence-corrected chi connectivity index (χ1v) is 4.16. The lowest BCUT2D eigenvalue weighted by atomic mass is 10.3. The molecule has 0 aliphatic heterocycles. The van der Waals surface area contributed by atoms with Crippen molar-refractivity contribution in [2.45, 2.75) is 11.8 Å². The summed E-state index contributed by atoms with van der Waals surface area (Å²) in [5, 5.41) is 0. The maximum absolute atomic E-state index is 7.42. The minimum absolute atomic E-state index is 0.721. The molecule has 0 aliphatic rings. The quantitative estimate of drug-likeness (QED) is 0.643. The lowest BCUT2D eigenvalue weighted by Gasteiger charge is -2.04. The summed E-state index contributed by atoms with van der Waals surface area (Å²) < 4.78 is 19.9. The first-order chi connectivity index (χ1) is 6.03. The molecule has 1 aromatic carbocycles. The Labute approximate surface area is 74.6 Å². The van der Waals surface area contributed by atoms with Crippen molar-refractivity contribution >= 4 is 11.8 Å². The van der Waals surface area contributed by atoms with Crippen molar-refractivity contribution < 1.29 is 7.48 Å². The molecular formula is C9H12OS. The molecule has 0 amide bonds. The van der Waals surface area contributed by atoms with Gasteiger partial charge in [0, 0.05) is 7.64 Å². The standard InChI is InChI=1S/C9H12OS/c1-3-11-9-7-5-4-6-8(9)10-2/h4-7H,3H2,1-2H3/i3DH. The summed E-state index contributed by atoms with van der Waals surface area (Å²) in [6.07, 6.45) is 0. The first-order valence-electron chi connectivity index (χ1n) is 4.35. The van der Waals surface area contributed by atoms with Crippen molar-refractivity contribution in [1.82, 2.24) is 0 Å². The van der Waals surface area contributed by atoms with Gasteiger partial charge in [-0.1, -0.05) is 19.1 Å². The van der Waals surface area contributed by atoms with Crippen molar-refractivity contribution in [3.8, 4) is 5.75 Å². The first kappa shape index (κ1) is 5.95. The Kier molecular flexibility index (Phi) is 2.32. The molecule has 1 nitrogen and oxygen atoms in total. The Bertz CT molecular complexity index is 283. The highest BCUT2D eigenvalue weighted by Crippen LogP contribution is 2.27. The Morgan fingerprint density at radius 2 is 2.45 bits per heavy atom. The van der Waals surface area contributed by atoms with Crippen LogP contribution in [0.3, 0.4) is 0 Å². The molecule has 1 atom stereocenters. The van der Waals surface area contributed by atoms with Crippen LogP contribution in [0.4, 0.5) is 0 Å². The number of thioether (sulfide) groups is 1. The van der Waals surface area contributed by atoms with Crippen LogP contribution in [0.15, 0.2) is 29.2 Å². The molecule has 0 N–H and O–H groups in total. The molecule has 2 heteroatoms. The van der Waals surface area contributed by atoms with Gasteiger partial charge in [0.15, 0.2) is 0 Å². The van der Waals surface area contributed by atoms with E-state index in [1.165, 1.54) is 6.92 Å².